The first-order chi connectivity index (χ1) is 7.92. The molecule has 1 rings (SSSR count). The van der Waals surface area contributed by atoms with Crippen molar-refractivity contribution in [3.63, 3.8) is 0 Å². The number of ketones is 1. The molecule has 0 radical (unpaired) electrons. The van der Waals surface area contributed by atoms with Crippen LogP contribution in [0.1, 0.15) is 11.8 Å². The number of nitrogens with one attached hydrogen (secondary N) is 1. The molecule has 0 saturated carbocycles. The summed E-state index contributed by atoms with van der Waals surface area (Å²) in [5.41, 5.74) is 0.921. The van der Waals surface area contributed by atoms with E-state index in [2.05, 4.69) is 9.50 Å². The van der Waals surface area contributed by atoms with Gasteiger partial charge in [0.25, 0.3) is 10.1 Å². The van der Waals surface area contributed by atoms with E-state index in [1.807, 2.05) is 18.4 Å². The molecule has 1 heterocycles. The number of carbonyl (C=O) groups excluding carboxylic acids is 1. The van der Waals surface area contributed by atoms with Gasteiger partial charge in [-0.15, -0.1) is 11.3 Å². The summed E-state index contributed by atoms with van der Waals surface area (Å²) in [5, 5.41) is 5.02. The molecule has 0 unspecified atom stereocenters. The van der Waals surface area contributed by atoms with Gasteiger partial charge in [0.15, 0.2) is 5.78 Å². The van der Waals surface area contributed by atoms with Gasteiger partial charge in [0.2, 0.25) is 0 Å². The summed E-state index contributed by atoms with van der Waals surface area (Å²) < 4.78 is 25.9. The lowest BCUT2D eigenvalue weighted by Gasteiger charge is -2.04. The van der Waals surface area contributed by atoms with Crippen LogP contribution >= 0.6 is 11.3 Å². The van der Waals surface area contributed by atoms with Gasteiger partial charge in [-0.3, -0.25) is 8.98 Å². The highest BCUT2D eigenvalue weighted by molar-refractivity contribution is 7.86. The second kappa shape index (κ2) is 6.13. The van der Waals surface area contributed by atoms with E-state index in [1.165, 1.54) is 11.3 Å². The lowest BCUT2D eigenvalue weighted by molar-refractivity contribution is -0.120. The van der Waals surface area contributed by atoms with Crippen LogP contribution in [-0.4, -0.2) is 33.6 Å². The molecule has 0 bridgehead atoms. The van der Waals surface area contributed by atoms with Gasteiger partial charge in [-0.25, -0.2) is 0 Å². The minimum Gasteiger partial charge on any atom is -0.384 e. The van der Waals surface area contributed by atoms with Gasteiger partial charge in [0, 0.05) is 23.5 Å². The summed E-state index contributed by atoms with van der Waals surface area (Å²) in [7, 11) is -3.55. The van der Waals surface area contributed by atoms with Crippen molar-refractivity contribution < 1.29 is 17.4 Å². The molecule has 1 N–H and O–H groups in total. The van der Waals surface area contributed by atoms with E-state index >= 15 is 0 Å². The number of Topliss-reactive ketones (excluding diaryl/α,β-unsaturated/α-hetero) is 1. The molecule has 1 aromatic rings. The molecule has 0 fully saturated rings. The Morgan fingerprint density at radius 1 is 1.53 bits per heavy atom. The van der Waals surface area contributed by atoms with E-state index in [-0.39, 0.29) is 12.2 Å². The van der Waals surface area contributed by atoms with Crippen LogP contribution < -0.4 is 5.32 Å². The third kappa shape index (κ3) is 5.29. The summed E-state index contributed by atoms with van der Waals surface area (Å²) in [5.74, 6) is -0.253. The third-order valence-electron chi connectivity index (χ3n) is 1.90. The molecular weight excluding hydrogens is 262 g/mol. The maximum absolute atomic E-state index is 11.5. The summed E-state index contributed by atoms with van der Waals surface area (Å²) in [6.45, 7) is 2.34. The van der Waals surface area contributed by atoms with Crippen LogP contribution in [0.2, 0.25) is 0 Å². The molecule has 0 saturated heterocycles. The van der Waals surface area contributed by atoms with Crippen LogP contribution in [0.15, 0.2) is 11.4 Å². The van der Waals surface area contributed by atoms with E-state index in [1.54, 1.807) is 0 Å². The second-order valence-electron chi connectivity index (χ2n) is 3.47. The predicted octanol–water partition coefficient (Wildman–Crippen LogP) is 1.27. The topological polar surface area (TPSA) is 72.5 Å². The molecule has 0 aliphatic carbocycles. The Morgan fingerprint density at radius 3 is 2.82 bits per heavy atom. The number of thiophene rings is 1. The van der Waals surface area contributed by atoms with Crippen molar-refractivity contribution in [3.05, 3.63) is 16.3 Å². The Balaban J connectivity index is 2.53. The quantitative estimate of drug-likeness (QED) is 0.760. The van der Waals surface area contributed by atoms with Crippen LogP contribution in [0, 0.1) is 0 Å². The van der Waals surface area contributed by atoms with Crippen molar-refractivity contribution in [1.82, 2.24) is 0 Å². The Bertz CT molecular complexity index is 478. The monoisotopic (exact) mass is 277 g/mol. The molecular formula is C10H15NO4S2. The average Bonchev–Trinajstić information content (AvgIpc) is 2.63. The lowest BCUT2D eigenvalue weighted by Crippen LogP contribution is -2.15. The van der Waals surface area contributed by atoms with E-state index in [0.29, 0.717) is 0 Å². The Hall–Kier alpha value is -0.920. The minimum absolute atomic E-state index is 0.190. The Morgan fingerprint density at radius 2 is 2.24 bits per heavy atom. The molecule has 0 amide bonds. The molecule has 0 aliphatic heterocycles. The maximum atomic E-state index is 11.5. The van der Waals surface area contributed by atoms with Crippen molar-refractivity contribution >= 4 is 32.9 Å². The van der Waals surface area contributed by atoms with Gasteiger partial charge < -0.3 is 5.32 Å². The maximum Gasteiger partial charge on any atom is 0.264 e. The zero-order chi connectivity index (χ0) is 12.9. The van der Waals surface area contributed by atoms with Gasteiger partial charge in [0.1, 0.15) is 6.61 Å². The highest BCUT2D eigenvalue weighted by atomic mass is 32.2. The molecule has 5 nitrogen and oxygen atoms in total. The van der Waals surface area contributed by atoms with Crippen LogP contribution in [0.3, 0.4) is 0 Å². The number of anilines is 1. The molecule has 7 heteroatoms. The molecule has 0 aliphatic rings. The summed E-state index contributed by atoms with van der Waals surface area (Å²) in [6.07, 6.45) is 1.12. The van der Waals surface area contributed by atoms with Gasteiger partial charge in [-0.1, -0.05) is 0 Å². The molecule has 17 heavy (non-hydrogen) atoms. The number of hydrogen-bond donors (Lipinski definition) is 1. The van der Waals surface area contributed by atoms with Gasteiger partial charge in [-0.05, 0) is 18.4 Å². The minimum atomic E-state index is -3.55. The highest BCUT2D eigenvalue weighted by Gasteiger charge is 2.12. The first kappa shape index (κ1) is 14.1. The summed E-state index contributed by atoms with van der Waals surface area (Å²) in [4.78, 5) is 12.4. The largest absolute Gasteiger partial charge is 0.384 e. The lowest BCUT2D eigenvalue weighted by atomic mass is 10.2. The van der Waals surface area contributed by atoms with Crippen molar-refractivity contribution in [2.75, 3.05) is 24.7 Å². The standard InChI is InChI=1S/C10H15NO4S2/c1-3-11-9-4-5-16-10(9)6-8(12)7-15-17(2,13)14/h4-5,11H,3,6-7H2,1-2H3. The zero-order valence-corrected chi connectivity index (χ0v) is 11.4. The molecule has 96 valence electrons. The molecule has 0 atom stereocenters. The highest BCUT2D eigenvalue weighted by Crippen LogP contribution is 2.22. The average molecular weight is 277 g/mol. The van der Waals surface area contributed by atoms with Crippen LogP contribution in [0.25, 0.3) is 0 Å². The van der Waals surface area contributed by atoms with Gasteiger partial charge in [0.05, 0.1) is 6.26 Å². The normalized spacial score (nSPS) is 11.4. The van der Waals surface area contributed by atoms with Crippen molar-refractivity contribution in [3.8, 4) is 0 Å². The van der Waals surface area contributed by atoms with Crippen molar-refractivity contribution in [1.29, 1.82) is 0 Å². The van der Waals surface area contributed by atoms with Crippen LogP contribution in [-0.2, 0) is 25.5 Å². The summed E-state index contributed by atoms with van der Waals surface area (Å²) in [6, 6.07) is 1.90. The van der Waals surface area contributed by atoms with E-state index in [0.717, 1.165) is 23.4 Å². The number of rotatable bonds is 7. The van der Waals surface area contributed by atoms with Gasteiger partial charge >= 0.3 is 0 Å². The number of hydrogen-bond acceptors (Lipinski definition) is 6. The van der Waals surface area contributed by atoms with Crippen molar-refractivity contribution in [2.45, 2.75) is 13.3 Å². The fraction of sp³-hybridized carbons (Fsp3) is 0.500. The Labute approximate surface area is 105 Å². The second-order valence-corrected chi connectivity index (χ2v) is 6.11. The first-order valence-electron chi connectivity index (χ1n) is 5.08. The summed E-state index contributed by atoms with van der Waals surface area (Å²) >= 11 is 1.46. The Kier molecular flexibility index (Phi) is 5.10. The number of carbonyl (C=O) groups is 1. The fourth-order valence-electron chi connectivity index (χ4n) is 1.23. The third-order valence-corrected chi connectivity index (χ3v) is 3.37. The van der Waals surface area contributed by atoms with Crippen LogP contribution in [0.5, 0.6) is 0 Å². The van der Waals surface area contributed by atoms with Gasteiger partial charge in [-0.2, -0.15) is 8.42 Å². The molecule has 0 spiro atoms. The predicted molar refractivity (Wildman–Crippen MR) is 68.0 cm³/mol. The van der Waals surface area contributed by atoms with Crippen molar-refractivity contribution in [2.24, 2.45) is 0 Å². The van der Waals surface area contributed by atoms with Crippen LogP contribution in [0.4, 0.5) is 5.69 Å². The molecule has 0 aromatic carbocycles. The van der Waals surface area contributed by atoms with E-state index < -0.39 is 16.7 Å². The fourth-order valence-corrected chi connectivity index (χ4v) is 2.45. The zero-order valence-electron chi connectivity index (χ0n) is 9.73. The first-order valence-corrected chi connectivity index (χ1v) is 7.78. The van der Waals surface area contributed by atoms with E-state index in [4.69, 9.17) is 0 Å². The SMILES string of the molecule is CCNc1ccsc1CC(=O)COS(C)(=O)=O. The smallest absolute Gasteiger partial charge is 0.264 e. The molecule has 1 aromatic heterocycles. The van der Waals surface area contributed by atoms with E-state index in [9.17, 15) is 13.2 Å².